The molecular weight excluding hydrogens is 230 g/mol. The molecule has 1 rings (SSSR count). The lowest BCUT2D eigenvalue weighted by molar-refractivity contribution is 0.254. The number of hydrogen-bond donors (Lipinski definition) is 2. The van der Waals surface area contributed by atoms with E-state index in [0.717, 1.165) is 13.1 Å². The molecule has 0 aliphatic heterocycles. The topological polar surface area (TPSA) is 76.3 Å². The van der Waals surface area contributed by atoms with Crippen molar-refractivity contribution in [3.8, 4) is 5.75 Å². The highest BCUT2D eigenvalue weighted by molar-refractivity contribution is 5.61. The highest BCUT2D eigenvalue weighted by Crippen LogP contribution is 2.27. The molecule has 1 aromatic heterocycles. The fraction of sp³-hybridized carbons (Fsp3) is 0.667. The van der Waals surface area contributed by atoms with Gasteiger partial charge in [0.05, 0.1) is 7.11 Å². The monoisotopic (exact) mass is 253 g/mol. The van der Waals surface area contributed by atoms with Gasteiger partial charge in [0, 0.05) is 13.1 Å². The first-order chi connectivity index (χ1) is 8.35. The molecule has 0 saturated heterocycles. The molecule has 1 aromatic rings. The van der Waals surface area contributed by atoms with Crippen LogP contribution in [0.3, 0.4) is 0 Å². The van der Waals surface area contributed by atoms with Crippen LogP contribution in [-0.2, 0) is 0 Å². The van der Waals surface area contributed by atoms with Crippen LogP contribution in [0.15, 0.2) is 6.33 Å². The lowest BCUT2D eigenvalue weighted by Crippen LogP contribution is -2.34. The molecule has 0 radical (unpaired) electrons. The summed E-state index contributed by atoms with van der Waals surface area (Å²) >= 11 is 0. The van der Waals surface area contributed by atoms with Crippen LogP contribution in [-0.4, -0.2) is 49.2 Å². The van der Waals surface area contributed by atoms with Gasteiger partial charge >= 0.3 is 0 Å². The maximum atomic E-state index is 5.73. The summed E-state index contributed by atoms with van der Waals surface area (Å²) in [6.07, 6.45) is 1.43. The smallest absolute Gasteiger partial charge is 0.203 e. The molecule has 0 unspecified atom stereocenters. The van der Waals surface area contributed by atoms with Crippen LogP contribution in [0.1, 0.15) is 13.8 Å². The molecule has 0 spiro atoms. The zero-order chi connectivity index (χ0) is 13.8. The fourth-order valence-electron chi connectivity index (χ4n) is 1.95. The zero-order valence-corrected chi connectivity index (χ0v) is 11.8. The van der Waals surface area contributed by atoms with Crippen molar-refractivity contribution >= 4 is 11.6 Å². The summed E-state index contributed by atoms with van der Waals surface area (Å²) in [4.78, 5) is 10.2. The minimum absolute atomic E-state index is 0.119. The third-order valence-electron chi connectivity index (χ3n) is 2.51. The van der Waals surface area contributed by atoms with Gasteiger partial charge in [-0.3, -0.25) is 0 Å². The normalized spacial score (nSPS) is 11.7. The lowest BCUT2D eigenvalue weighted by Gasteiger charge is -2.28. The second-order valence-corrected chi connectivity index (χ2v) is 5.40. The molecule has 1 heterocycles. The SMILES string of the molecule is COc1c(N)ncnc1NCC(C)(C)CN(C)C. The van der Waals surface area contributed by atoms with Crippen LogP contribution in [0.2, 0.25) is 0 Å². The first kappa shape index (κ1) is 14.5. The number of nitrogens with one attached hydrogen (secondary N) is 1. The Morgan fingerprint density at radius 2 is 2.06 bits per heavy atom. The van der Waals surface area contributed by atoms with Gasteiger partial charge in [-0.1, -0.05) is 13.8 Å². The highest BCUT2D eigenvalue weighted by atomic mass is 16.5. The average Bonchev–Trinajstić information content (AvgIpc) is 2.24. The Kier molecular flexibility index (Phi) is 4.72. The van der Waals surface area contributed by atoms with Crippen molar-refractivity contribution in [2.24, 2.45) is 5.41 Å². The Bertz CT molecular complexity index is 392. The molecule has 0 bridgehead atoms. The fourth-order valence-corrected chi connectivity index (χ4v) is 1.95. The molecule has 6 heteroatoms. The summed E-state index contributed by atoms with van der Waals surface area (Å²) in [6, 6.07) is 0. The Morgan fingerprint density at radius 3 is 2.61 bits per heavy atom. The van der Waals surface area contributed by atoms with Gasteiger partial charge in [0.25, 0.3) is 0 Å². The first-order valence-electron chi connectivity index (χ1n) is 5.89. The van der Waals surface area contributed by atoms with E-state index in [0.29, 0.717) is 17.4 Å². The van der Waals surface area contributed by atoms with Crippen molar-refractivity contribution < 1.29 is 4.74 Å². The van der Waals surface area contributed by atoms with Crippen LogP contribution in [0.5, 0.6) is 5.75 Å². The Balaban J connectivity index is 2.71. The van der Waals surface area contributed by atoms with Gasteiger partial charge in [0.15, 0.2) is 11.6 Å². The summed E-state index contributed by atoms with van der Waals surface area (Å²) in [5.41, 5.74) is 5.85. The van der Waals surface area contributed by atoms with Crippen LogP contribution < -0.4 is 15.8 Å². The van der Waals surface area contributed by atoms with E-state index in [9.17, 15) is 0 Å². The van der Waals surface area contributed by atoms with Crippen molar-refractivity contribution in [2.75, 3.05) is 45.3 Å². The summed E-state index contributed by atoms with van der Waals surface area (Å²) in [6.45, 7) is 6.13. The molecule has 0 fully saturated rings. The summed E-state index contributed by atoms with van der Waals surface area (Å²) in [5, 5.41) is 3.27. The van der Waals surface area contributed by atoms with Crippen molar-refractivity contribution in [3.05, 3.63) is 6.33 Å². The van der Waals surface area contributed by atoms with E-state index in [2.05, 4.69) is 48.1 Å². The van der Waals surface area contributed by atoms with E-state index >= 15 is 0 Å². The molecule has 0 aliphatic rings. The van der Waals surface area contributed by atoms with Crippen LogP contribution in [0, 0.1) is 5.41 Å². The number of anilines is 2. The third-order valence-corrected chi connectivity index (χ3v) is 2.51. The predicted molar refractivity (Wildman–Crippen MR) is 73.8 cm³/mol. The van der Waals surface area contributed by atoms with Crippen LogP contribution in [0.25, 0.3) is 0 Å². The van der Waals surface area contributed by atoms with Gasteiger partial charge < -0.3 is 20.7 Å². The van der Waals surface area contributed by atoms with E-state index in [-0.39, 0.29) is 5.41 Å². The van der Waals surface area contributed by atoms with Crippen molar-refractivity contribution in [1.82, 2.24) is 14.9 Å². The number of methoxy groups -OCH3 is 1. The number of ether oxygens (including phenoxy) is 1. The van der Waals surface area contributed by atoms with E-state index in [1.165, 1.54) is 6.33 Å². The molecule has 6 nitrogen and oxygen atoms in total. The number of nitrogens with zero attached hydrogens (tertiary/aromatic N) is 3. The standard InChI is InChI=1S/C12H23N5O/c1-12(2,7-17(3)4)6-14-11-9(18-5)10(13)15-8-16-11/h8H,6-7H2,1-5H3,(H3,13,14,15,16). The number of hydrogen-bond acceptors (Lipinski definition) is 6. The molecule has 0 saturated carbocycles. The van der Waals surface area contributed by atoms with Crippen molar-refractivity contribution in [1.29, 1.82) is 0 Å². The molecule has 0 atom stereocenters. The van der Waals surface area contributed by atoms with Crippen LogP contribution in [0.4, 0.5) is 11.6 Å². The summed E-state index contributed by atoms with van der Waals surface area (Å²) < 4.78 is 5.20. The second kappa shape index (κ2) is 5.86. The molecule has 3 N–H and O–H groups in total. The molecule has 0 amide bonds. The second-order valence-electron chi connectivity index (χ2n) is 5.40. The Hall–Kier alpha value is -1.56. The average molecular weight is 253 g/mol. The van der Waals surface area contributed by atoms with Gasteiger partial charge in [-0.05, 0) is 19.5 Å². The minimum Gasteiger partial charge on any atom is -0.490 e. The number of rotatable bonds is 6. The van der Waals surface area contributed by atoms with Gasteiger partial charge in [-0.15, -0.1) is 0 Å². The maximum Gasteiger partial charge on any atom is 0.203 e. The number of nitrogens with two attached hydrogens (primary N) is 1. The number of aromatic nitrogens is 2. The van der Waals surface area contributed by atoms with Crippen molar-refractivity contribution in [2.45, 2.75) is 13.8 Å². The largest absolute Gasteiger partial charge is 0.490 e. The highest BCUT2D eigenvalue weighted by Gasteiger charge is 2.20. The molecule has 0 aromatic carbocycles. The molecular formula is C12H23N5O. The molecule has 102 valence electrons. The Morgan fingerprint density at radius 1 is 1.39 bits per heavy atom. The Labute approximate surface area is 109 Å². The summed E-state index contributed by atoms with van der Waals surface area (Å²) in [7, 11) is 5.68. The number of nitrogen functional groups attached to an aromatic ring is 1. The quantitative estimate of drug-likeness (QED) is 0.789. The minimum atomic E-state index is 0.119. The summed E-state index contributed by atoms with van der Waals surface area (Å²) in [5.74, 6) is 1.48. The van der Waals surface area contributed by atoms with Gasteiger partial charge in [-0.25, -0.2) is 9.97 Å². The van der Waals surface area contributed by atoms with Crippen LogP contribution >= 0.6 is 0 Å². The van der Waals surface area contributed by atoms with E-state index in [1.54, 1.807) is 7.11 Å². The van der Waals surface area contributed by atoms with Gasteiger partial charge in [-0.2, -0.15) is 0 Å². The zero-order valence-electron chi connectivity index (χ0n) is 11.8. The van der Waals surface area contributed by atoms with E-state index < -0.39 is 0 Å². The van der Waals surface area contributed by atoms with E-state index in [1.807, 2.05) is 0 Å². The lowest BCUT2D eigenvalue weighted by atomic mass is 9.93. The molecule has 0 aliphatic carbocycles. The van der Waals surface area contributed by atoms with Crippen molar-refractivity contribution in [3.63, 3.8) is 0 Å². The van der Waals surface area contributed by atoms with Gasteiger partial charge in [0.1, 0.15) is 6.33 Å². The molecule has 18 heavy (non-hydrogen) atoms. The maximum absolute atomic E-state index is 5.73. The van der Waals surface area contributed by atoms with E-state index in [4.69, 9.17) is 10.5 Å². The third kappa shape index (κ3) is 4.03. The van der Waals surface area contributed by atoms with Gasteiger partial charge in [0.2, 0.25) is 5.75 Å². The first-order valence-corrected chi connectivity index (χ1v) is 5.89. The predicted octanol–water partition coefficient (Wildman–Crippen LogP) is 1.07.